The summed E-state index contributed by atoms with van der Waals surface area (Å²) in [6.07, 6.45) is 6.75. The van der Waals surface area contributed by atoms with Crippen LogP contribution in [0.1, 0.15) is 86.2 Å². The van der Waals surface area contributed by atoms with Gasteiger partial charge in [-0.3, -0.25) is 19.3 Å². The maximum Gasteiger partial charge on any atom is 0.251 e. The molecule has 3 amide bonds. The Bertz CT molecular complexity index is 1260. The summed E-state index contributed by atoms with van der Waals surface area (Å²) in [4.78, 5) is 43.3. The van der Waals surface area contributed by atoms with Crippen molar-refractivity contribution in [2.45, 2.75) is 95.0 Å². The number of hydrogen-bond acceptors (Lipinski definition) is 6. The summed E-state index contributed by atoms with van der Waals surface area (Å²) >= 11 is 0. The first-order chi connectivity index (χ1) is 20.7. The molecule has 2 saturated heterocycles. The SMILES string of the molecule is CCCN1C(=O)[C@@H](CC2(O)CCCCC2)NC(=O)C12CCN(Cc1ccc(COc3ccc(C(=O)NC)cc3)cc1)CC2. The number of aliphatic hydroxyl groups is 1. The number of nitrogens with zero attached hydrogens (tertiary/aromatic N) is 2. The Morgan fingerprint density at radius 1 is 0.977 bits per heavy atom. The van der Waals surface area contributed by atoms with E-state index in [-0.39, 0.29) is 17.7 Å². The minimum atomic E-state index is -0.862. The summed E-state index contributed by atoms with van der Waals surface area (Å²) in [6, 6.07) is 14.8. The highest BCUT2D eigenvalue weighted by molar-refractivity contribution is 6.00. The minimum Gasteiger partial charge on any atom is -0.489 e. The molecule has 0 bridgehead atoms. The van der Waals surface area contributed by atoms with E-state index >= 15 is 0 Å². The number of ether oxygens (including phenoxy) is 1. The Morgan fingerprint density at radius 3 is 2.26 bits per heavy atom. The van der Waals surface area contributed by atoms with Gasteiger partial charge in [-0.2, -0.15) is 0 Å². The molecule has 1 aliphatic carbocycles. The average molecular weight is 591 g/mol. The van der Waals surface area contributed by atoms with Gasteiger partial charge in [-0.15, -0.1) is 0 Å². The van der Waals surface area contributed by atoms with Gasteiger partial charge in [0.25, 0.3) is 5.91 Å². The van der Waals surface area contributed by atoms with Gasteiger partial charge in [-0.05, 0) is 67.5 Å². The van der Waals surface area contributed by atoms with Crippen LogP contribution in [-0.2, 0) is 22.7 Å². The second-order valence-electron chi connectivity index (χ2n) is 12.5. The van der Waals surface area contributed by atoms with E-state index in [1.165, 1.54) is 5.56 Å². The Kier molecular flexibility index (Phi) is 9.72. The van der Waals surface area contributed by atoms with E-state index < -0.39 is 17.2 Å². The van der Waals surface area contributed by atoms with E-state index in [0.29, 0.717) is 56.6 Å². The zero-order chi connectivity index (χ0) is 30.5. The molecule has 2 heterocycles. The zero-order valence-electron chi connectivity index (χ0n) is 25.6. The van der Waals surface area contributed by atoms with Crippen LogP contribution in [-0.4, -0.2) is 76.5 Å². The second kappa shape index (κ2) is 13.5. The minimum absolute atomic E-state index is 0.0332. The maximum atomic E-state index is 13.7. The third-order valence-electron chi connectivity index (χ3n) is 9.49. The molecular formula is C34H46N4O5. The lowest BCUT2D eigenvalue weighted by atomic mass is 9.77. The number of carbonyl (C=O) groups excluding carboxylic acids is 3. The van der Waals surface area contributed by atoms with Crippen molar-refractivity contribution in [3.05, 3.63) is 65.2 Å². The van der Waals surface area contributed by atoms with Gasteiger partial charge in [0.1, 0.15) is 23.9 Å². The van der Waals surface area contributed by atoms with Crippen molar-refractivity contribution in [2.75, 3.05) is 26.7 Å². The van der Waals surface area contributed by atoms with E-state index in [9.17, 15) is 19.5 Å². The number of hydrogen-bond donors (Lipinski definition) is 3. The Balaban J connectivity index is 1.14. The normalized spacial score (nSPS) is 21.8. The van der Waals surface area contributed by atoms with Gasteiger partial charge >= 0.3 is 0 Å². The van der Waals surface area contributed by atoms with Gasteiger partial charge in [-0.1, -0.05) is 50.5 Å². The molecule has 1 atom stereocenters. The molecule has 5 rings (SSSR count). The fraction of sp³-hybridized carbons (Fsp3) is 0.559. The van der Waals surface area contributed by atoms with Crippen LogP contribution < -0.4 is 15.4 Å². The van der Waals surface area contributed by atoms with Crippen molar-refractivity contribution in [1.29, 1.82) is 0 Å². The van der Waals surface area contributed by atoms with E-state index in [1.54, 1.807) is 31.3 Å². The van der Waals surface area contributed by atoms with Crippen molar-refractivity contribution >= 4 is 17.7 Å². The monoisotopic (exact) mass is 590 g/mol. The fourth-order valence-corrected chi connectivity index (χ4v) is 6.95. The molecule has 0 unspecified atom stereocenters. The molecule has 9 heteroatoms. The molecule has 3 fully saturated rings. The van der Waals surface area contributed by atoms with Crippen LogP contribution in [0.2, 0.25) is 0 Å². The predicted octanol–water partition coefficient (Wildman–Crippen LogP) is 3.78. The quantitative estimate of drug-likeness (QED) is 0.389. The fourth-order valence-electron chi connectivity index (χ4n) is 6.95. The Morgan fingerprint density at radius 2 is 1.63 bits per heavy atom. The smallest absolute Gasteiger partial charge is 0.251 e. The van der Waals surface area contributed by atoms with E-state index in [4.69, 9.17) is 4.74 Å². The number of piperidine rings is 1. The maximum absolute atomic E-state index is 13.7. The highest BCUT2D eigenvalue weighted by Gasteiger charge is 2.54. The van der Waals surface area contributed by atoms with Gasteiger partial charge in [0, 0.05) is 45.2 Å². The number of nitrogens with one attached hydrogen (secondary N) is 2. The van der Waals surface area contributed by atoms with Crippen molar-refractivity contribution in [3.63, 3.8) is 0 Å². The molecule has 2 aliphatic heterocycles. The van der Waals surface area contributed by atoms with E-state index in [0.717, 1.165) is 50.9 Å². The molecule has 3 N–H and O–H groups in total. The number of likely N-dealkylation sites (tertiary alicyclic amines) is 1. The van der Waals surface area contributed by atoms with Crippen LogP contribution >= 0.6 is 0 Å². The van der Waals surface area contributed by atoms with Crippen molar-refractivity contribution in [2.24, 2.45) is 0 Å². The first-order valence-electron chi connectivity index (χ1n) is 15.9. The summed E-state index contributed by atoms with van der Waals surface area (Å²) in [7, 11) is 1.61. The molecular weight excluding hydrogens is 544 g/mol. The van der Waals surface area contributed by atoms with E-state index in [1.807, 2.05) is 11.8 Å². The van der Waals surface area contributed by atoms with Crippen molar-refractivity contribution in [3.8, 4) is 5.75 Å². The lowest BCUT2D eigenvalue weighted by Crippen LogP contribution is -2.73. The largest absolute Gasteiger partial charge is 0.489 e. The van der Waals surface area contributed by atoms with Crippen molar-refractivity contribution < 1.29 is 24.2 Å². The third kappa shape index (κ3) is 7.04. The summed E-state index contributed by atoms with van der Waals surface area (Å²) < 4.78 is 5.89. The molecule has 9 nitrogen and oxygen atoms in total. The van der Waals surface area contributed by atoms with Gasteiger partial charge in [0.15, 0.2) is 0 Å². The summed E-state index contributed by atoms with van der Waals surface area (Å²) in [6.45, 7) is 5.27. The first-order valence-corrected chi connectivity index (χ1v) is 15.9. The van der Waals surface area contributed by atoms with Gasteiger partial charge in [0.05, 0.1) is 5.60 Å². The first kappa shape index (κ1) is 31.0. The highest BCUT2D eigenvalue weighted by atomic mass is 16.5. The van der Waals surface area contributed by atoms with Crippen LogP contribution in [0.5, 0.6) is 5.75 Å². The van der Waals surface area contributed by atoms with Crippen LogP contribution in [0.25, 0.3) is 0 Å². The van der Waals surface area contributed by atoms with Crippen LogP contribution in [0.3, 0.4) is 0 Å². The molecule has 2 aromatic rings. The topological polar surface area (TPSA) is 111 Å². The Labute approximate surface area is 255 Å². The van der Waals surface area contributed by atoms with Gasteiger partial charge < -0.3 is 25.4 Å². The van der Waals surface area contributed by atoms with Crippen LogP contribution in [0, 0.1) is 0 Å². The summed E-state index contributed by atoms with van der Waals surface area (Å²) in [5, 5.41) is 16.8. The summed E-state index contributed by atoms with van der Waals surface area (Å²) in [5.41, 5.74) is 1.16. The third-order valence-corrected chi connectivity index (χ3v) is 9.49. The number of carbonyl (C=O) groups is 3. The standard InChI is InChI=1S/C34H46N4O5/c1-3-19-38-31(40)29(22-33(42)15-5-4-6-16-33)36-32(41)34(38)17-20-37(21-18-34)23-25-7-9-26(10-8-25)24-43-28-13-11-27(12-14-28)30(39)35-2/h7-14,29,42H,3-6,15-24H2,1-2H3,(H,35,39)(H,36,41)/t29-/m1/s1. The number of piperazine rings is 1. The molecule has 232 valence electrons. The van der Waals surface area contributed by atoms with Gasteiger partial charge in [0.2, 0.25) is 11.8 Å². The Hall–Kier alpha value is -3.43. The zero-order valence-corrected chi connectivity index (χ0v) is 25.6. The molecule has 1 saturated carbocycles. The van der Waals surface area contributed by atoms with Crippen molar-refractivity contribution in [1.82, 2.24) is 20.4 Å². The predicted molar refractivity (Wildman–Crippen MR) is 164 cm³/mol. The highest BCUT2D eigenvalue weighted by Crippen LogP contribution is 2.37. The molecule has 0 radical (unpaired) electrons. The van der Waals surface area contributed by atoms with Gasteiger partial charge in [-0.25, -0.2) is 0 Å². The lowest BCUT2D eigenvalue weighted by molar-refractivity contribution is -0.163. The van der Waals surface area contributed by atoms with Crippen LogP contribution in [0.4, 0.5) is 0 Å². The second-order valence-corrected chi connectivity index (χ2v) is 12.5. The molecule has 3 aliphatic rings. The molecule has 43 heavy (non-hydrogen) atoms. The summed E-state index contributed by atoms with van der Waals surface area (Å²) in [5.74, 6) is 0.489. The number of rotatable bonds is 10. The van der Waals surface area contributed by atoms with Crippen LogP contribution in [0.15, 0.2) is 48.5 Å². The average Bonchev–Trinajstić information content (AvgIpc) is 3.02. The molecule has 0 aromatic heterocycles. The number of benzene rings is 2. The number of amides is 3. The molecule has 1 spiro atoms. The van der Waals surface area contributed by atoms with E-state index in [2.05, 4.69) is 39.8 Å². The lowest BCUT2D eigenvalue weighted by Gasteiger charge is -2.52. The molecule has 2 aromatic carbocycles.